The number of anilines is 2. The highest BCUT2D eigenvalue weighted by atomic mass is 32.2. The van der Waals surface area contributed by atoms with Crippen molar-refractivity contribution in [3.63, 3.8) is 0 Å². The van der Waals surface area contributed by atoms with E-state index in [2.05, 4.69) is 4.98 Å². The first-order valence-corrected chi connectivity index (χ1v) is 8.71. The first kappa shape index (κ1) is 15.0. The smallest absolute Gasteiger partial charge is 0.278 e. The second kappa shape index (κ2) is 5.85. The van der Waals surface area contributed by atoms with E-state index in [1.807, 2.05) is 30.3 Å². The summed E-state index contributed by atoms with van der Waals surface area (Å²) < 4.78 is 24.7. The fourth-order valence-corrected chi connectivity index (χ4v) is 3.79. The molecule has 0 amide bonds. The number of nitrogens with zero attached hydrogens (tertiary/aromatic N) is 3. The average Bonchev–Trinajstić information content (AvgIpc) is 3.07. The van der Waals surface area contributed by atoms with Crippen LogP contribution in [0.3, 0.4) is 0 Å². The largest absolute Gasteiger partial charge is 0.295 e. The van der Waals surface area contributed by atoms with Crippen molar-refractivity contribution < 1.29 is 8.76 Å². The van der Waals surface area contributed by atoms with Gasteiger partial charge in [0.15, 0.2) is 0 Å². The summed E-state index contributed by atoms with van der Waals surface area (Å²) in [5.41, 5.74) is 0.331. The maximum absolute atomic E-state index is 12.8. The molecule has 1 aliphatic heterocycles. The van der Waals surface area contributed by atoms with Crippen molar-refractivity contribution in [2.45, 2.75) is 19.4 Å². The van der Waals surface area contributed by atoms with E-state index in [0.717, 1.165) is 33.7 Å². The molecule has 1 aliphatic rings. The van der Waals surface area contributed by atoms with Crippen molar-refractivity contribution in [2.24, 2.45) is 0 Å². The number of aromatic nitrogens is 2. The van der Waals surface area contributed by atoms with Crippen LogP contribution in [-0.2, 0) is 24.2 Å². The summed E-state index contributed by atoms with van der Waals surface area (Å²) in [6.07, 6.45) is 3.02. The van der Waals surface area contributed by atoms with Crippen molar-refractivity contribution in [1.29, 1.82) is 0 Å². The lowest BCUT2D eigenvalue weighted by molar-refractivity contribution is 0.564. The van der Waals surface area contributed by atoms with Crippen molar-refractivity contribution in [3.05, 3.63) is 64.8 Å². The highest BCUT2D eigenvalue weighted by Crippen LogP contribution is 2.31. The summed E-state index contributed by atoms with van der Waals surface area (Å²) in [4.78, 5) is 17.1. The number of rotatable bonds is 3. The maximum Gasteiger partial charge on any atom is 0.278 e. The Kier molecular flexibility index (Phi) is 3.66. The van der Waals surface area contributed by atoms with Gasteiger partial charge in [-0.05, 0) is 17.9 Å². The first-order chi connectivity index (χ1) is 11.7. The Morgan fingerprint density at radius 2 is 1.92 bits per heavy atom. The fraction of sp³-hybridized carbons (Fsp3) is 0.176. The van der Waals surface area contributed by atoms with Crippen LogP contribution in [-0.4, -0.2) is 18.3 Å². The van der Waals surface area contributed by atoms with Crippen LogP contribution in [0.15, 0.2) is 53.5 Å². The van der Waals surface area contributed by atoms with E-state index in [1.165, 1.54) is 6.20 Å². The van der Waals surface area contributed by atoms with Crippen LogP contribution in [0.25, 0.3) is 10.8 Å². The zero-order valence-electron chi connectivity index (χ0n) is 12.8. The quantitative estimate of drug-likeness (QED) is 0.743. The lowest BCUT2D eigenvalue weighted by atomic mass is 10.1. The van der Waals surface area contributed by atoms with Crippen LogP contribution in [0.5, 0.6) is 0 Å². The summed E-state index contributed by atoms with van der Waals surface area (Å²) in [7, 11) is 0. The van der Waals surface area contributed by atoms with Crippen LogP contribution in [0.1, 0.15) is 12.2 Å². The van der Waals surface area contributed by atoms with Crippen LogP contribution >= 0.6 is 0 Å². The molecule has 0 saturated heterocycles. The SMILES string of the molecule is O=c1c(N(c2cccc3ccccc23)S(=O)O)cnc2n1CCC2. The summed E-state index contributed by atoms with van der Waals surface area (Å²) in [6.45, 7) is 0.594. The fourth-order valence-electron chi connectivity index (χ4n) is 3.16. The van der Waals surface area contributed by atoms with Crippen LogP contribution in [0, 0.1) is 0 Å². The van der Waals surface area contributed by atoms with Gasteiger partial charge in [0, 0.05) is 18.4 Å². The van der Waals surface area contributed by atoms with Crippen molar-refractivity contribution in [1.82, 2.24) is 9.55 Å². The van der Waals surface area contributed by atoms with E-state index < -0.39 is 11.3 Å². The third-order valence-corrected chi connectivity index (χ3v) is 4.96. The molecule has 6 nitrogen and oxygen atoms in total. The molecule has 2 aromatic carbocycles. The predicted molar refractivity (Wildman–Crippen MR) is 93.7 cm³/mol. The third kappa shape index (κ3) is 2.33. The minimum atomic E-state index is -2.39. The average molecular weight is 341 g/mol. The van der Waals surface area contributed by atoms with E-state index in [4.69, 9.17) is 0 Å². The molecular formula is C17H15N3O3S. The molecule has 0 saturated carbocycles. The lowest BCUT2D eigenvalue weighted by Crippen LogP contribution is -2.31. The van der Waals surface area contributed by atoms with Gasteiger partial charge in [-0.15, -0.1) is 0 Å². The highest BCUT2D eigenvalue weighted by Gasteiger charge is 2.24. The van der Waals surface area contributed by atoms with Gasteiger partial charge in [0.05, 0.1) is 11.9 Å². The Labute approximate surface area is 140 Å². The van der Waals surface area contributed by atoms with E-state index >= 15 is 0 Å². The molecule has 0 radical (unpaired) electrons. The van der Waals surface area contributed by atoms with Gasteiger partial charge < -0.3 is 0 Å². The van der Waals surface area contributed by atoms with Gasteiger partial charge in [0.1, 0.15) is 11.5 Å². The van der Waals surface area contributed by atoms with Crippen molar-refractivity contribution in [3.8, 4) is 0 Å². The molecule has 3 aromatic rings. The van der Waals surface area contributed by atoms with E-state index in [0.29, 0.717) is 12.2 Å². The zero-order chi connectivity index (χ0) is 16.7. The summed E-state index contributed by atoms with van der Waals surface area (Å²) >= 11 is -2.39. The van der Waals surface area contributed by atoms with Crippen LogP contribution in [0.4, 0.5) is 11.4 Å². The second-order valence-electron chi connectivity index (χ2n) is 5.64. The molecule has 2 heterocycles. The van der Waals surface area contributed by atoms with E-state index in [1.54, 1.807) is 16.7 Å². The number of hydrogen-bond acceptors (Lipinski definition) is 3. The Hall–Kier alpha value is -2.51. The van der Waals surface area contributed by atoms with Crippen molar-refractivity contribution >= 4 is 33.4 Å². The number of aryl methyl sites for hydroxylation is 1. The molecule has 0 fully saturated rings. The molecule has 4 rings (SSSR count). The molecular weight excluding hydrogens is 326 g/mol. The van der Waals surface area contributed by atoms with Gasteiger partial charge in [-0.3, -0.25) is 13.9 Å². The number of fused-ring (bicyclic) bond motifs is 2. The van der Waals surface area contributed by atoms with Crippen LogP contribution < -0.4 is 9.86 Å². The summed E-state index contributed by atoms with van der Waals surface area (Å²) in [6, 6.07) is 13.0. The predicted octanol–water partition coefficient (Wildman–Crippen LogP) is 2.62. The first-order valence-electron chi connectivity index (χ1n) is 7.64. The van der Waals surface area contributed by atoms with Gasteiger partial charge in [0.2, 0.25) is 0 Å². The molecule has 1 aromatic heterocycles. The molecule has 122 valence electrons. The lowest BCUT2D eigenvalue weighted by Gasteiger charge is -2.21. The summed E-state index contributed by atoms with van der Waals surface area (Å²) in [5.74, 6) is 0.727. The van der Waals surface area contributed by atoms with Gasteiger partial charge in [0.25, 0.3) is 16.8 Å². The highest BCUT2D eigenvalue weighted by molar-refractivity contribution is 7.81. The zero-order valence-corrected chi connectivity index (χ0v) is 13.6. The van der Waals surface area contributed by atoms with E-state index in [9.17, 15) is 13.6 Å². The molecule has 1 atom stereocenters. The maximum atomic E-state index is 12.8. The van der Waals surface area contributed by atoms with Gasteiger partial charge >= 0.3 is 0 Å². The molecule has 1 unspecified atom stereocenters. The monoisotopic (exact) mass is 341 g/mol. The molecule has 24 heavy (non-hydrogen) atoms. The number of hydrogen-bond donors (Lipinski definition) is 1. The molecule has 7 heteroatoms. The summed E-state index contributed by atoms with van der Waals surface area (Å²) in [5, 5.41) is 1.73. The standard InChI is InChI=1S/C17H15N3O3S/c21-17-15(11-18-16-9-4-10-19(16)17)20(24(22)23)14-8-3-6-12-5-1-2-7-13(12)14/h1-3,5-8,11H,4,9-10H2,(H,22,23). The second-order valence-corrected chi connectivity index (χ2v) is 6.47. The Morgan fingerprint density at radius 3 is 2.75 bits per heavy atom. The molecule has 0 spiro atoms. The number of benzene rings is 2. The Balaban J connectivity index is 1.96. The molecule has 1 N–H and O–H groups in total. The minimum absolute atomic E-state index is 0.109. The molecule has 0 aliphatic carbocycles. The van der Waals surface area contributed by atoms with Gasteiger partial charge in [-0.25, -0.2) is 13.5 Å². The Morgan fingerprint density at radius 1 is 1.12 bits per heavy atom. The third-order valence-electron chi connectivity index (χ3n) is 4.25. The Bertz CT molecular complexity index is 1010. The van der Waals surface area contributed by atoms with Crippen LogP contribution in [0.2, 0.25) is 0 Å². The topological polar surface area (TPSA) is 75.4 Å². The molecule has 0 bridgehead atoms. The van der Waals surface area contributed by atoms with Gasteiger partial charge in [-0.2, -0.15) is 0 Å². The van der Waals surface area contributed by atoms with Crippen molar-refractivity contribution in [2.75, 3.05) is 4.31 Å². The normalized spacial score (nSPS) is 14.5. The van der Waals surface area contributed by atoms with Gasteiger partial charge in [-0.1, -0.05) is 36.4 Å². The van der Waals surface area contributed by atoms with E-state index in [-0.39, 0.29) is 11.2 Å². The minimum Gasteiger partial charge on any atom is -0.295 e.